The number of aliphatic imine (C=N–C) groups is 1. The summed E-state index contributed by atoms with van der Waals surface area (Å²) in [7, 11) is 0. The first-order valence-electron chi connectivity index (χ1n) is 7.59. The highest BCUT2D eigenvalue weighted by Crippen LogP contribution is 2.29. The van der Waals surface area contributed by atoms with Crippen LogP contribution in [0.5, 0.6) is 0 Å². The first kappa shape index (κ1) is 15.3. The van der Waals surface area contributed by atoms with Crippen LogP contribution in [0.25, 0.3) is 5.69 Å². The van der Waals surface area contributed by atoms with Crippen LogP contribution in [0.2, 0.25) is 5.02 Å². The van der Waals surface area contributed by atoms with Gasteiger partial charge in [-0.3, -0.25) is 14.4 Å². The van der Waals surface area contributed by atoms with Crippen molar-refractivity contribution in [3.05, 3.63) is 81.9 Å². The summed E-state index contributed by atoms with van der Waals surface area (Å²) in [4.78, 5) is 20.4. The number of hydrogen-bond acceptors (Lipinski definition) is 4. The van der Waals surface area contributed by atoms with E-state index in [9.17, 15) is 10.1 Å². The Morgan fingerprint density at radius 2 is 2.04 bits per heavy atom. The van der Waals surface area contributed by atoms with E-state index in [0.29, 0.717) is 34.4 Å². The van der Waals surface area contributed by atoms with E-state index in [0.717, 1.165) is 23.1 Å². The number of rotatable bonds is 2. The highest BCUT2D eigenvalue weighted by Gasteiger charge is 2.23. The van der Waals surface area contributed by atoms with Crippen molar-refractivity contribution in [2.75, 3.05) is 0 Å². The molecule has 0 radical (unpaired) electrons. The minimum absolute atomic E-state index is 0.310. The topological polar surface area (TPSA) is 71.0 Å². The quantitative estimate of drug-likeness (QED) is 0.666. The van der Waals surface area contributed by atoms with Crippen LogP contribution in [0.1, 0.15) is 33.0 Å². The summed E-state index contributed by atoms with van der Waals surface area (Å²) in [5.41, 5.74) is 3.90. The fourth-order valence-electron chi connectivity index (χ4n) is 2.99. The van der Waals surface area contributed by atoms with Crippen molar-refractivity contribution in [2.24, 2.45) is 4.99 Å². The van der Waals surface area contributed by atoms with Gasteiger partial charge in [0, 0.05) is 16.1 Å². The Kier molecular flexibility index (Phi) is 3.68. The van der Waals surface area contributed by atoms with E-state index in [-0.39, 0.29) is 0 Å². The molecular weight excluding hydrogens is 336 g/mol. The second-order valence-electron chi connectivity index (χ2n) is 5.54. The van der Waals surface area contributed by atoms with Crippen LogP contribution in [0, 0.1) is 11.3 Å². The number of fused-ring (bicyclic) bond motifs is 3. The van der Waals surface area contributed by atoms with Crippen LogP contribution in [0.3, 0.4) is 0 Å². The second kappa shape index (κ2) is 6.00. The Balaban J connectivity index is 2.04. The number of aldehydes is 1. The Morgan fingerprint density at radius 3 is 2.80 bits per heavy atom. The van der Waals surface area contributed by atoms with Crippen LogP contribution in [0.15, 0.2) is 53.7 Å². The van der Waals surface area contributed by atoms with Gasteiger partial charge in [-0.1, -0.05) is 29.8 Å². The monoisotopic (exact) mass is 346 g/mol. The number of hydrogen-bond donors (Lipinski definition) is 0. The summed E-state index contributed by atoms with van der Waals surface area (Å²) in [5.74, 6) is 0.662. The summed E-state index contributed by atoms with van der Waals surface area (Å²) in [6.07, 6.45) is 2.29. The Hall–Kier alpha value is -3.23. The van der Waals surface area contributed by atoms with E-state index in [1.807, 2.05) is 24.3 Å². The summed E-state index contributed by atoms with van der Waals surface area (Å²) in [6.45, 7) is 0.310. The molecule has 1 aliphatic rings. The van der Waals surface area contributed by atoms with E-state index < -0.39 is 0 Å². The molecule has 5 nitrogen and oxygen atoms in total. The van der Waals surface area contributed by atoms with Gasteiger partial charge in [0.05, 0.1) is 35.8 Å². The van der Waals surface area contributed by atoms with Crippen LogP contribution in [-0.4, -0.2) is 21.5 Å². The molecule has 0 spiro atoms. The maximum absolute atomic E-state index is 11.4. The van der Waals surface area contributed by atoms with E-state index in [2.05, 4.69) is 16.0 Å². The molecule has 25 heavy (non-hydrogen) atoms. The third-order valence-electron chi connectivity index (χ3n) is 4.11. The van der Waals surface area contributed by atoms with Crippen LogP contribution in [-0.2, 0) is 6.54 Å². The average Bonchev–Trinajstić information content (AvgIpc) is 2.98. The number of nitriles is 1. The van der Waals surface area contributed by atoms with E-state index in [1.165, 1.54) is 6.20 Å². The lowest BCUT2D eigenvalue weighted by Gasteiger charge is -2.14. The summed E-state index contributed by atoms with van der Waals surface area (Å²) in [5, 5.41) is 9.86. The molecule has 120 valence electrons. The molecule has 0 fully saturated rings. The molecule has 6 heteroatoms. The van der Waals surface area contributed by atoms with Crippen molar-refractivity contribution in [3.63, 3.8) is 0 Å². The van der Waals surface area contributed by atoms with Gasteiger partial charge in [0.15, 0.2) is 6.29 Å². The maximum Gasteiger partial charge on any atom is 0.168 e. The SMILES string of the molecule is N#Cc1ccc2c(c1)C(c1ccccc1Cl)=NCc1ncc(C=O)n1-2. The summed E-state index contributed by atoms with van der Waals surface area (Å²) < 4.78 is 1.77. The molecule has 0 saturated heterocycles. The molecule has 1 aromatic heterocycles. The first-order valence-corrected chi connectivity index (χ1v) is 7.97. The van der Waals surface area contributed by atoms with Gasteiger partial charge in [-0.05, 0) is 24.3 Å². The van der Waals surface area contributed by atoms with Crippen molar-refractivity contribution >= 4 is 23.6 Å². The lowest BCUT2D eigenvalue weighted by atomic mass is 9.98. The zero-order valence-electron chi connectivity index (χ0n) is 13.0. The Morgan fingerprint density at radius 1 is 1.20 bits per heavy atom. The molecule has 0 atom stereocenters. The predicted molar refractivity (Wildman–Crippen MR) is 94.5 cm³/mol. The number of carbonyl (C=O) groups excluding carboxylic acids is 1. The molecule has 2 heterocycles. The number of imidazole rings is 1. The number of benzene rings is 2. The van der Waals surface area contributed by atoms with Crippen LogP contribution < -0.4 is 0 Å². The van der Waals surface area contributed by atoms with Gasteiger partial charge in [0.1, 0.15) is 11.5 Å². The van der Waals surface area contributed by atoms with Crippen LogP contribution in [0.4, 0.5) is 0 Å². The van der Waals surface area contributed by atoms with Gasteiger partial charge >= 0.3 is 0 Å². The molecule has 0 amide bonds. The first-order chi connectivity index (χ1) is 12.2. The van der Waals surface area contributed by atoms with Gasteiger partial charge in [-0.25, -0.2) is 4.98 Å². The van der Waals surface area contributed by atoms with E-state index in [4.69, 9.17) is 11.6 Å². The molecule has 0 bridgehead atoms. The zero-order chi connectivity index (χ0) is 17.4. The second-order valence-corrected chi connectivity index (χ2v) is 5.95. The van der Waals surface area contributed by atoms with Gasteiger partial charge in [-0.2, -0.15) is 5.26 Å². The van der Waals surface area contributed by atoms with Gasteiger partial charge in [0.25, 0.3) is 0 Å². The van der Waals surface area contributed by atoms with E-state index in [1.54, 1.807) is 22.8 Å². The summed E-state index contributed by atoms with van der Waals surface area (Å²) >= 11 is 6.37. The molecule has 0 saturated carbocycles. The molecule has 0 unspecified atom stereocenters. The van der Waals surface area contributed by atoms with Crippen LogP contribution >= 0.6 is 11.6 Å². The molecule has 0 N–H and O–H groups in total. The number of nitrogens with zero attached hydrogens (tertiary/aromatic N) is 4. The number of carbonyl (C=O) groups is 1. The minimum Gasteiger partial charge on any atom is -0.296 e. The van der Waals surface area contributed by atoms with Gasteiger partial charge < -0.3 is 0 Å². The third kappa shape index (κ3) is 2.44. The van der Waals surface area contributed by atoms with E-state index >= 15 is 0 Å². The Labute approximate surface area is 148 Å². The van der Waals surface area contributed by atoms with Gasteiger partial charge in [-0.15, -0.1) is 0 Å². The fourth-order valence-corrected chi connectivity index (χ4v) is 3.21. The minimum atomic E-state index is 0.310. The molecule has 3 aromatic rings. The number of aromatic nitrogens is 2. The molecular formula is C19H11ClN4O. The van der Waals surface area contributed by atoms with Crippen molar-refractivity contribution in [1.82, 2.24) is 9.55 Å². The standard InChI is InChI=1S/C19H11ClN4O/c20-16-4-2-1-3-14(16)19-15-7-12(8-21)5-6-17(15)24-13(11-25)9-22-18(24)10-23-19/h1-7,9,11H,10H2. The van der Waals surface area contributed by atoms with Crippen molar-refractivity contribution in [1.29, 1.82) is 5.26 Å². The lowest BCUT2D eigenvalue weighted by Crippen LogP contribution is -2.09. The van der Waals surface area contributed by atoms with Crippen molar-refractivity contribution in [3.8, 4) is 11.8 Å². The third-order valence-corrected chi connectivity index (χ3v) is 4.44. The highest BCUT2D eigenvalue weighted by atomic mass is 35.5. The summed E-state index contributed by atoms with van der Waals surface area (Å²) in [6, 6.07) is 14.9. The normalized spacial score (nSPS) is 12.4. The molecule has 1 aliphatic heterocycles. The fraction of sp³-hybridized carbons (Fsp3) is 0.0526. The molecule has 4 rings (SSSR count). The largest absolute Gasteiger partial charge is 0.296 e. The van der Waals surface area contributed by atoms with Crippen molar-refractivity contribution < 1.29 is 4.79 Å². The molecule has 2 aromatic carbocycles. The Bertz CT molecular complexity index is 1080. The lowest BCUT2D eigenvalue weighted by molar-refractivity contribution is 0.111. The zero-order valence-corrected chi connectivity index (χ0v) is 13.7. The smallest absolute Gasteiger partial charge is 0.168 e. The maximum atomic E-state index is 11.4. The van der Waals surface area contributed by atoms with Gasteiger partial charge in [0.2, 0.25) is 0 Å². The highest BCUT2D eigenvalue weighted by molar-refractivity contribution is 6.35. The molecule has 0 aliphatic carbocycles. The predicted octanol–water partition coefficient (Wildman–Crippen LogP) is 3.56. The average molecular weight is 347 g/mol. The van der Waals surface area contributed by atoms with Crippen molar-refractivity contribution in [2.45, 2.75) is 6.54 Å². The number of halogens is 1.